The van der Waals surface area contributed by atoms with Gasteiger partial charge in [0.2, 0.25) is 0 Å². The van der Waals surface area contributed by atoms with Gasteiger partial charge in [0.15, 0.2) is 5.69 Å². The number of hydrogen-bond donors (Lipinski definition) is 0. The lowest BCUT2D eigenvalue weighted by Crippen LogP contribution is -2.64. The molecule has 0 spiro atoms. The van der Waals surface area contributed by atoms with E-state index in [1.807, 2.05) is 11.0 Å². The van der Waals surface area contributed by atoms with E-state index in [2.05, 4.69) is 28.3 Å². The van der Waals surface area contributed by atoms with Gasteiger partial charge in [-0.15, -0.1) is 0 Å². The minimum atomic E-state index is 0.0119. The predicted molar refractivity (Wildman–Crippen MR) is 109 cm³/mol. The summed E-state index contributed by atoms with van der Waals surface area (Å²) in [6.45, 7) is 2.83. The molecule has 0 N–H and O–H groups in total. The van der Waals surface area contributed by atoms with Crippen molar-refractivity contribution in [2.24, 2.45) is 11.8 Å². The molecule has 3 fully saturated rings. The molecule has 29 heavy (non-hydrogen) atoms. The molecule has 3 saturated heterocycles. The minimum absolute atomic E-state index is 0.0119. The molecule has 4 heterocycles. The number of hydrogen-bond acceptors (Lipinski definition) is 5. The average Bonchev–Trinajstić information content (AvgIpc) is 3.31. The summed E-state index contributed by atoms with van der Waals surface area (Å²) in [5, 5.41) is 3.88. The first kappa shape index (κ1) is 18.7. The fourth-order valence-corrected chi connectivity index (χ4v) is 5.88. The monoisotopic (exact) mass is 395 g/mol. The third kappa shape index (κ3) is 3.54. The number of likely N-dealkylation sites (tertiary alicyclic amines) is 1. The number of ether oxygens (including phenoxy) is 1. The number of methoxy groups -OCH3 is 1. The molecule has 0 radical (unpaired) electrons. The maximum absolute atomic E-state index is 13.0. The van der Waals surface area contributed by atoms with Gasteiger partial charge in [-0.25, -0.2) is 0 Å². The smallest absolute Gasteiger partial charge is 0.276 e. The molecular weight excluding hydrogens is 366 g/mol. The van der Waals surface area contributed by atoms with E-state index in [4.69, 9.17) is 9.26 Å². The molecular formula is C23H29N3O3. The Labute approximate surface area is 171 Å². The van der Waals surface area contributed by atoms with Crippen LogP contribution in [-0.4, -0.2) is 59.7 Å². The number of carbonyl (C=O) groups excluding carboxylic acids is 1. The van der Waals surface area contributed by atoms with Crippen LogP contribution in [0.25, 0.3) is 0 Å². The number of nitrogens with zero attached hydrogens (tertiary/aromatic N) is 3. The summed E-state index contributed by atoms with van der Waals surface area (Å²) in [6, 6.07) is 11.2. The Hall–Kier alpha value is -2.34. The molecule has 3 aliphatic heterocycles. The molecule has 0 unspecified atom stereocenters. The zero-order chi connectivity index (χ0) is 19.8. The highest BCUT2D eigenvalue weighted by atomic mass is 16.5. The van der Waals surface area contributed by atoms with Gasteiger partial charge in [0.1, 0.15) is 12.0 Å². The van der Waals surface area contributed by atoms with E-state index >= 15 is 0 Å². The van der Waals surface area contributed by atoms with Gasteiger partial charge in [0, 0.05) is 31.2 Å². The van der Waals surface area contributed by atoms with Gasteiger partial charge in [-0.1, -0.05) is 23.7 Å². The lowest BCUT2D eigenvalue weighted by atomic mass is 9.71. The molecule has 4 atom stereocenters. The van der Waals surface area contributed by atoms with Gasteiger partial charge in [0.05, 0.1) is 7.11 Å². The zero-order valence-corrected chi connectivity index (χ0v) is 17.0. The van der Waals surface area contributed by atoms with Crippen LogP contribution in [-0.2, 0) is 6.42 Å². The van der Waals surface area contributed by atoms with E-state index in [1.165, 1.54) is 44.1 Å². The van der Waals surface area contributed by atoms with Gasteiger partial charge in [0.25, 0.3) is 5.91 Å². The molecule has 0 aliphatic carbocycles. The van der Waals surface area contributed by atoms with Crippen molar-refractivity contribution in [2.45, 2.75) is 44.2 Å². The van der Waals surface area contributed by atoms with Gasteiger partial charge in [-0.2, -0.15) is 0 Å². The largest absolute Gasteiger partial charge is 0.497 e. The number of piperidine rings is 3. The highest BCUT2D eigenvalue weighted by Crippen LogP contribution is 2.42. The second kappa shape index (κ2) is 7.82. The molecule has 1 aromatic carbocycles. The molecule has 2 aromatic rings. The summed E-state index contributed by atoms with van der Waals surface area (Å²) in [4.78, 5) is 17.8. The molecule has 2 bridgehead atoms. The van der Waals surface area contributed by atoms with Crippen molar-refractivity contribution in [3.63, 3.8) is 0 Å². The number of rotatable bonds is 4. The van der Waals surface area contributed by atoms with E-state index in [0.29, 0.717) is 29.6 Å². The first-order chi connectivity index (χ1) is 14.2. The predicted octanol–water partition coefficient (Wildman–Crippen LogP) is 3.24. The van der Waals surface area contributed by atoms with Gasteiger partial charge in [-0.3, -0.25) is 9.69 Å². The Morgan fingerprint density at radius 1 is 1.24 bits per heavy atom. The van der Waals surface area contributed by atoms with Crippen LogP contribution in [0.15, 0.2) is 41.1 Å². The Morgan fingerprint density at radius 2 is 2.14 bits per heavy atom. The number of carbonyl (C=O) groups is 1. The highest BCUT2D eigenvalue weighted by Gasteiger charge is 2.48. The molecule has 6 nitrogen and oxygen atoms in total. The Bertz CT molecular complexity index is 853. The van der Waals surface area contributed by atoms with E-state index < -0.39 is 0 Å². The lowest BCUT2D eigenvalue weighted by molar-refractivity contribution is -0.0643. The van der Waals surface area contributed by atoms with Gasteiger partial charge in [-0.05, 0) is 61.8 Å². The molecule has 0 saturated carbocycles. The van der Waals surface area contributed by atoms with Crippen LogP contribution in [0.2, 0.25) is 0 Å². The highest BCUT2D eigenvalue weighted by molar-refractivity contribution is 5.92. The first-order valence-electron chi connectivity index (χ1n) is 10.8. The summed E-state index contributed by atoms with van der Waals surface area (Å²) in [5.74, 6) is 1.98. The van der Waals surface area contributed by atoms with E-state index in [9.17, 15) is 4.79 Å². The van der Waals surface area contributed by atoms with Crippen molar-refractivity contribution in [1.29, 1.82) is 0 Å². The topological polar surface area (TPSA) is 58.8 Å². The summed E-state index contributed by atoms with van der Waals surface area (Å²) in [5.41, 5.74) is 1.74. The van der Waals surface area contributed by atoms with Crippen molar-refractivity contribution in [3.8, 4) is 5.75 Å². The van der Waals surface area contributed by atoms with Crippen molar-refractivity contribution >= 4 is 5.91 Å². The van der Waals surface area contributed by atoms with Crippen LogP contribution in [0.3, 0.4) is 0 Å². The number of benzene rings is 1. The van der Waals surface area contributed by atoms with Crippen LogP contribution >= 0.6 is 0 Å². The minimum Gasteiger partial charge on any atom is -0.497 e. The van der Waals surface area contributed by atoms with Crippen LogP contribution in [0.5, 0.6) is 5.75 Å². The summed E-state index contributed by atoms with van der Waals surface area (Å²) in [6.07, 6.45) is 7.54. The maximum Gasteiger partial charge on any atom is 0.276 e. The van der Waals surface area contributed by atoms with E-state index in [0.717, 1.165) is 25.3 Å². The second-order valence-electron chi connectivity index (χ2n) is 8.77. The SMILES string of the molecule is COc1cccc(C[C@H]2[C@H]3C[C@H](CN(C(=O)c4ccon4)C3)[C@@H]3CCCCN32)c1. The van der Waals surface area contributed by atoms with Crippen molar-refractivity contribution in [2.75, 3.05) is 26.7 Å². The Kier molecular flexibility index (Phi) is 5.04. The fraction of sp³-hybridized carbons (Fsp3) is 0.565. The summed E-state index contributed by atoms with van der Waals surface area (Å²) < 4.78 is 10.4. The van der Waals surface area contributed by atoms with Crippen molar-refractivity contribution in [3.05, 3.63) is 47.9 Å². The average molecular weight is 396 g/mol. The lowest BCUT2D eigenvalue weighted by Gasteiger charge is -2.57. The molecule has 154 valence electrons. The molecule has 1 aromatic heterocycles. The van der Waals surface area contributed by atoms with Crippen LogP contribution < -0.4 is 4.74 Å². The molecule has 5 rings (SSSR count). The quantitative estimate of drug-likeness (QED) is 0.795. The zero-order valence-electron chi connectivity index (χ0n) is 17.0. The van der Waals surface area contributed by atoms with Gasteiger partial charge < -0.3 is 14.2 Å². The van der Waals surface area contributed by atoms with E-state index in [-0.39, 0.29) is 5.91 Å². The van der Waals surface area contributed by atoms with Crippen molar-refractivity contribution < 1.29 is 14.1 Å². The third-order valence-electron chi connectivity index (χ3n) is 7.14. The molecule has 3 aliphatic rings. The fourth-order valence-electron chi connectivity index (χ4n) is 5.88. The first-order valence-corrected chi connectivity index (χ1v) is 10.8. The Morgan fingerprint density at radius 3 is 2.97 bits per heavy atom. The van der Waals surface area contributed by atoms with Crippen LogP contribution in [0.1, 0.15) is 41.7 Å². The maximum atomic E-state index is 13.0. The molecule has 6 heteroatoms. The van der Waals surface area contributed by atoms with Gasteiger partial charge >= 0.3 is 0 Å². The second-order valence-corrected chi connectivity index (χ2v) is 8.77. The number of amides is 1. The number of fused-ring (bicyclic) bond motifs is 4. The summed E-state index contributed by atoms with van der Waals surface area (Å²) in [7, 11) is 1.72. The third-order valence-corrected chi connectivity index (χ3v) is 7.14. The van der Waals surface area contributed by atoms with Crippen molar-refractivity contribution in [1.82, 2.24) is 15.0 Å². The Balaban J connectivity index is 1.41. The standard InChI is InChI=1S/C23H29N3O3/c1-28-19-6-4-5-16(11-19)12-22-18-13-17(21-7-2-3-9-26(21)22)14-25(15-18)23(27)20-8-10-29-24-20/h4-6,8,10-11,17-18,21-22H,2-3,7,9,12-15H2,1H3/t17-,18+,21+,22+/m1/s1. The van der Waals surface area contributed by atoms with E-state index in [1.54, 1.807) is 13.2 Å². The normalized spacial score (nSPS) is 29.3. The van der Waals surface area contributed by atoms with Crippen LogP contribution in [0.4, 0.5) is 0 Å². The molecule has 1 amide bonds. The summed E-state index contributed by atoms with van der Waals surface area (Å²) >= 11 is 0. The number of aromatic nitrogens is 1. The van der Waals surface area contributed by atoms with Crippen LogP contribution in [0, 0.1) is 11.8 Å².